The van der Waals surface area contributed by atoms with Crippen molar-refractivity contribution in [3.05, 3.63) is 146 Å². The molecule has 0 saturated heterocycles. The van der Waals surface area contributed by atoms with Crippen LogP contribution in [-0.2, 0) is 32.7 Å². The summed E-state index contributed by atoms with van der Waals surface area (Å²) in [6.45, 7) is 4.17. The SMILES string of the molecule is CC/C=C\C/C=C\C/C=C\C/C=C\C/C=C\C/C=C\C/C=C\CCCCCC(=O)OC(COC(=O)CCCCCCCCCCCCCCCCCCCCC/C=C\C/C=C\C/C=C\C/C=C\C/C=C\CC)COP(=O)(O)OCC[N+](C)(C)C. The largest absolute Gasteiger partial charge is 0.472 e. The van der Waals surface area contributed by atoms with Crippen LogP contribution in [0.15, 0.2) is 146 Å². The molecule has 478 valence electrons. The van der Waals surface area contributed by atoms with E-state index in [0.29, 0.717) is 17.4 Å². The van der Waals surface area contributed by atoms with Gasteiger partial charge in [0.15, 0.2) is 6.10 Å². The Balaban J connectivity index is 4.11. The van der Waals surface area contributed by atoms with Crippen molar-refractivity contribution < 1.29 is 42.1 Å². The highest BCUT2D eigenvalue weighted by molar-refractivity contribution is 7.47. The topological polar surface area (TPSA) is 108 Å². The number of phosphoric acid groups is 1. The minimum absolute atomic E-state index is 0.0183. The van der Waals surface area contributed by atoms with Crippen LogP contribution in [0, 0.1) is 0 Å². The van der Waals surface area contributed by atoms with Gasteiger partial charge in [-0.05, 0) is 116 Å². The molecule has 0 aliphatic heterocycles. The third-order valence-corrected chi connectivity index (χ3v) is 14.8. The molecule has 0 aromatic heterocycles. The number of unbranched alkanes of at least 4 members (excludes halogenated alkanes) is 22. The molecule has 0 aliphatic carbocycles. The monoisotopic (exact) mass is 1190 g/mol. The van der Waals surface area contributed by atoms with Crippen LogP contribution in [0.3, 0.4) is 0 Å². The van der Waals surface area contributed by atoms with Crippen molar-refractivity contribution in [1.29, 1.82) is 0 Å². The second-order valence-corrected chi connectivity index (χ2v) is 24.5. The van der Waals surface area contributed by atoms with Crippen LogP contribution in [0.2, 0.25) is 0 Å². The fourth-order valence-corrected chi connectivity index (χ4v) is 9.53. The van der Waals surface area contributed by atoms with Crippen molar-refractivity contribution in [2.45, 2.75) is 264 Å². The Morgan fingerprint density at radius 2 is 0.643 bits per heavy atom. The van der Waals surface area contributed by atoms with E-state index in [1.807, 2.05) is 21.1 Å². The van der Waals surface area contributed by atoms with Crippen molar-refractivity contribution in [2.24, 2.45) is 0 Å². The molecule has 0 aromatic carbocycles. The first-order chi connectivity index (χ1) is 41.0. The Morgan fingerprint density at radius 1 is 0.369 bits per heavy atom. The van der Waals surface area contributed by atoms with Gasteiger partial charge in [0.05, 0.1) is 27.7 Å². The van der Waals surface area contributed by atoms with Gasteiger partial charge in [0, 0.05) is 12.8 Å². The Bertz CT molecular complexity index is 1930. The number of rotatable bonds is 60. The zero-order valence-electron chi connectivity index (χ0n) is 54.3. The normalized spacial score (nSPS) is 14.1. The standard InChI is InChI=1S/C74H124NO8P/c1-6-8-10-12-14-16-18-20-22-24-26-28-30-32-33-34-35-36-37-38-39-40-41-43-44-46-48-50-52-54-56-58-60-62-64-66-73(76)80-70-72(71-82-84(78,79)81-69-68-75(3,4)5)83-74(77)67-65-63-61-59-57-55-53-51-49-47-45-42-31-29-27-25-23-21-19-17-15-13-11-9-7-2/h8-11,14-17,20-23,26-29,32-33,42,45,49,51,55,57,72H,6-7,12-13,18-19,24-25,30-31,34-41,43-44,46-48,50,52-54,56,58-71H2,1-5H3/p+1/b10-8-,11-9-,16-14-,17-15-,22-20-,23-21-,28-26-,29-27-,33-32-,45-42-,51-49-,57-55-. The molecule has 2 unspecified atom stereocenters. The number of nitrogens with zero attached hydrogens (tertiary/aromatic N) is 1. The molecule has 0 rings (SSSR count). The van der Waals surface area contributed by atoms with E-state index < -0.39 is 26.5 Å². The van der Waals surface area contributed by atoms with E-state index in [0.717, 1.165) is 116 Å². The molecule has 0 aliphatic rings. The molecule has 9 nitrogen and oxygen atoms in total. The molecule has 0 aromatic rings. The quantitative estimate of drug-likeness (QED) is 0.0211. The maximum atomic E-state index is 12.8. The van der Waals surface area contributed by atoms with Crippen molar-refractivity contribution in [3.8, 4) is 0 Å². The fourth-order valence-electron chi connectivity index (χ4n) is 8.79. The van der Waals surface area contributed by atoms with Crippen LogP contribution < -0.4 is 0 Å². The smallest absolute Gasteiger partial charge is 0.462 e. The van der Waals surface area contributed by atoms with Crippen molar-refractivity contribution >= 4 is 19.8 Å². The highest BCUT2D eigenvalue weighted by atomic mass is 31.2. The molecule has 84 heavy (non-hydrogen) atoms. The van der Waals surface area contributed by atoms with Gasteiger partial charge in [0.25, 0.3) is 0 Å². The van der Waals surface area contributed by atoms with Crippen LogP contribution in [0.1, 0.15) is 258 Å². The van der Waals surface area contributed by atoms with Gasteiger partial charge in [0.1, 0.15) is 19.8 Å². The summed E-state index contributed by atoms with van der Waals surface area (Å²) in [4.78, 5) is 35.8. The minimum Gasteiger partial charge on any atom is -0.462 e. The zero-order valence-corrected chi connectivity index (χ0v) is 55.2. The second kappa shape index (κ2) is 63.4. The fraction of sp³-hybridized carbons (Fsp3) is 0.649. The Hall–Kier alpha value is -4.11. The lowest BCUT2D eigenvalue weighted by molar-refractivity contribution is -0.870. The number of phosphoric ester groups is 1. The molecule has 10 heteroatoms. The van der Waals surface area contributed by atoms with Crippen molar-refractivity contribution in [3.63, 3.8) is 0 Å². The summed E-state index contributed by atoms with van der Waals surface area (Å²) in [6, 6.07) is 0. The summed E-state index contributed by atoms with van der Waals surface area (Å²) in [7, 11) is 1.44. The summed E-state index contributed by atoms with van der Waals surface area (Å²) < 4.78 is 34.6. The van der Waals surface area contributed by atoms with E-state index in [4.69, 9.17) is 18.5 Å². The van der Waals surface area contributed by atoms with Crippen LogP contribution in [0.4, 0.5) is 0 Å². The highest BCUT2D eigenvalue weighted by Crippen LogP contribution is 2.43. The zero-order chi connectivity index (χ0) is 61.2. The van der Waals surface area contributed by atoms with Gasteiger partial charge in [-0.25, -0.2) is 4.57 Å². The predicted molar refractivity (Wildman–Crippen MR) is 362 cm³/mol. The molecule has 0 heterocycles. The van der Waals surface area contributed by atoms with Gasteiger partial charge in [-0.1, -0.05) is 275 Å². The van der Waals surface area contributed by atoms with E-state index in [-0.39, 0.29) is 32.0 Å². The van der Waals surface area contributed by atoms with Crippen LogP contribution in [0.5, 0.6) is 0 Å². The van der Waals surface area contributed by atoms with Crippen LogP contribution in [0.25, 0.3) is 0 Å². The lowest BCUT2D eigenvalue weighted by atomic mass is 10.0. The van der Waals surface area contributed by atoms with Crippen molar-refractivity contribution in [1.82, 2.24) is 0 Å². The van der Waals surface area contributed by atoms with Gasteiger partial charge < -0.3 is 18.9 Å². The second-order valence-electron chi connectivity index (χ2n) is 23.1. The summed E-state index contributed by atoms with van der Waals surface area (Å²) in [5.41, 5.74) is 0. The van der Waals surface area contributed by atoms with Crippen molar-refractivity contribution in [2.75, 3.05) is 47.5 Å². The van der Waals surface area contributed by atoms with Gasteiger partial charge >= 0.3 is 19.8 Å². The molecule has 0 saturated carbocycles. The number of carbonyl (C=O) groups is 2. The molecule has 0 fully saturated rings. The highest BCUT2D eigenvalue weighted by Gasteiger charge is 2.27. The molecule has 0 bridgehead atoms. The Kier molecular flexibility index (Phi) is 60.3. The summed E-state index contributed by atoms with van der Waals surface area (Å²) in [5, 5.41) is 0. The molecule has 0 radical (unpaired) electrons. The molecular formula is C74H125NO8P+. The number of allylic oxidation sites excluding steroid dienone is 24. The maximum absolute atomic E-state index is 12.8. The Morgan fingerprint density at radius 3 is 0.964 bits per heavy atom. The summed E-state index contributed by atoms with van der Waals surface area (Å²) in [6.07, 6.45) is 93.8. The van der Waals surface area contributed by atoms with E-state index in [9.17, 15) is 19.0 Å². The number of quaternary nitrogens is 1. The lowest BCUT2D eigenvalue weighted by Crippen LogP contribution is -2.37. The molecular weight excluding hydrogens is 1060 g/mol. The van der Waals surface area contributed by atoms with Crippen LogP contribution in [-0.4, -0.2) is 74.9 Å². The lowest BCUT2D eigenvalue weighted by Gasteiger charge is -2.24. The minimum atomic E-state index is -4.41. The van der Waals surface area contributed by atoms with Gasteiger partial charge in [-0.3, -0.25) is 18.6 Å². The van der Waals surface area contributed by atoms with E-state index in [2.05, 4.69) is 160 Å². The first kappa shape index (κ1) is 79.9. The average Bonchev–Trinajstić information content (AvgIpc) is 3.60. The third kappa shape index (κ3) is 67.0. The number of likely N-dealkylation sites (N-methyl/N-ethyl adjacent to an activating group) is 1. The molecule has 0 amide bonds. The van der Waals surface area contributed by atoms with E-state index in [1.165, 1.54) is 109 Å². The summed E-state index contributed by atoms with van der Waals surface area (Å²) in [5.74, 6) is -0.839. The number of esters is 2. The predicted octanol–water partition coefficient (Wildman–Crippen LogP) is 21.8. The van der Waals surface area contributed by atoms with Gasteiger partial charge in [-0.15, -0.1) is 0 Å². The summed E-state index contributed by atoms with van der Waals surface area (Å²) >= 11 is 0. The number of hydrogen-bond acceptors (Lipinski definition) is 7. The first-order valence-electron chi connectivity index (χ1n) is 33.6. The average molecular weight is 1190 g/mol. The van der Waals surface area contributed by atoms with E-state index >= 15 is 0 Å². The Labute approximate surface area is 516 Å². The van der Waals surface area contributed by atoms with Gasteiger partial charge in [0.2, 0.25) is 0 Å². The number of hydrogen-bond donors (Lipinski definition) is 1. The first-order valence-corrected chi connectivity index (χ1v) is 35.1. The molecule has 1 N–H and O–H groups in total. The van der Waals surface area contributed by atoms with Gasteiger partial charge in [-0.2, -0.15) is 0 Å². The number of ether oxygens (including phenoxy) is 2. The molecule has 2 atom stereocenters. The van der Waals surface area contributed by atoms with Crippen LogP contribution >= 0.6 is 7.82 Å². The molecule has 0 spiro atoms. The van der Waals surface area contributed by atoms with E-state index in [1.54, 1.807) is 0 Å². The third-order valence-electron chi connectivity index (χ3n) is 13.9. The number of carbonyl (C=O) groups excluding carboxylic acids is 2. The maximum Gasteiger partial charge on any atom is 0.472 e.